The van der Waals surface area contributed by atoms with Crippen LogP contribution in [-0.4, -0.2) is 16.6 Å². The third-order valence-electron chi connectivity index (χ3n) is 1.82. The molecule has 0 fully saturated rings. The quantitative estimate of drug-likeness (QED) is 0.669. The molecule has 0 saturated carbocycles. The molecule has 0 aliphatic carbocycles. The second kappa shape index (κ2) is 4.52. The summed E-state index contributed by atoms with van der Waals surface area (Å²) < 4.78 is 0.634. The lowest BCUT2D eigenvalue weighted by molar-refractivity contribution is -0.385. The highest BCUT2D eigenvalue weighted by Gasteiger charge is 2.12. The summed E-state index contributed by atoms with van der Waals surface area (Å²) in [4.78, 5) is 10.1. The zero-order valence-electron chi connectivity index (χ0n) is 7.53. The maximum Gasteiger partial charge on any atom is 0.270 e. The number of aliphatic hydroxyl groups is 1. The summed E-state index contributed by atoms with van der Waals surface area (Å²) in [5.41, 5.74) is 0.691. The molecule has 75 valence electrons. The summed E-state index contributed by atoms with van der Waals surface area (Å²) in [6, 6.07) is 4.60. The zero-order chi connectivity index (χ0) is 10.7. The highest BCUT2D eigenvalue weighted by Crippen LogP contribution is 2.25. The number of nitrogens with zero attached hydrogens (tertiary/aromatic N) is 1. The lowest BCUT2D eigenvalue weighted by atomic mass is 10.0. The summed E-state index contributed by atoms with van der Waals surface area (Å²) in [5.74, 6) is 0.703. The summed E-state index contributed by atoms with van der Waals surface area (Å²) >= 11 is 3.18. The van der Waals surface area contributed by atoms with Gasteiger partial charge in [-0.15, -0.1) is 0 Å². The van der Waals surface area contributed by atoms with Crippen LogP contribution in [0.15, 0.2) is 22.7 Å². The number of rotatable bonds is 3. The first-order valence-corrected chi connectivity index (χ1v) is 4.72. The number of halogens is 1. The van der Waals surface area contributed by atoms with Crippen molar-refractivity contribution < 1.29 is 10.0 Å². The standard InChI is InChI=1S/C9H9BrNO3/c1-6(5-12)7-2-8(10)4-9(3-7)11(13)14/h2-4,12H,5H2,1H3. The number of nitro benzene ring substituents is 1. The van der Waals surface area contributed by atoms with Gasteiger partial charge in [-0.05, 0) is 11.6 Å². The Hall–Kier alpha value is -0.940. The topological polar surface area (TPSA) is 63.4 Å². The molecule has 1 aromatic carbocycles. The van der Waals surface area contributed by atoms with E-state index in [1.165, 1.54) is 12.1 Å². The maximum atomic E-state index is 10.5. The molecule has 0 saturated heterocycles. The summed E-state index contributed by atoms with van der Waals surface area (Å²) in [6.07, 6.45) is 0. The van der Waals surface area contributed by atoms with Gasteiger partial charge in [-0.25, -0.2) is 0 Å². The van der Waals surface area contributed by atoms with Gasteiger partial charge in [-0.2, -0.15) is 0 Å². The fourth-order valence-corrected chi connectivity index (χ4v) is 1.50. The van der Waals surface area contributed by atoms with Crippen LogP contribution in [-0.2, 0) is 0 Å². The van der Waals surface area contributed by atoms with Crippen LogP contribution in [0, 0.1) is 16.0 Å². The minimum atomic E-state index is -0.459. The Bertz CT molecular complexity index is 354. The van der Waals surface area contributed by atoms with Crippen LogP contribution in [0.25, 0.3) is 0 Å². The molecule has 0 unspecified atom stereocenters. The minimum absolute atomic E-state index is 0.0159. The maximum absolute atomic E-state index is 10.5. The Labute approximate surface area is 89.8 Å². The van der Waals surface area contributed by atoms with Crippen LogP contribution in [0.1, 0.15) is 12.5 Å². The van der Waals surface area contributed by atoms with Gasteiger partial charge in [0, 0.05) is 22.5 Å². The Balaban J connectivity index is 3.13. The van der Waals surface area contributed by atoms with E-state index in [2.05, 4.69) is 15.9 Å². The van der Waals surface area contributed by atoms with E-state index in [4.69, 9.17) is 5.11 Å². The predicted molar refractivity (Wildman–Crippen MR) is 55.9 cm³/mol. The van der Waals surface area contributed by atoms with Crippen molar-refractivity contribution in [1.29, 1.82) is 0 Å². The number of aliphatic hydroxyl groups excluding tert-OH is 1. The van der Waals surface area contributed by atoms with Crippen LogP contribution in [0.4, 0.5) is 5.69 Å². The van der Waals surface area contributed by atoms with E-state index in [0.717, 1.165) is 0 Å². The highest BCUT2D eigenvalue weighted by atomic mass is 79.9. The number of benzene rings is 1. The molecule has 0 amide bonds. The average molecular weight is 259 g/mol. The van der Waals surface area contributed by atoms with Gasteiger partial charge in [0.1, 0.15) is 0 Å². The molecule has 0 aromatic heterocycles. The van der Waals surface area contributed by atoms with Crippen LogP contribution in [0.3, 0.4) is 0 Å². The molecule has 1 aromatic rings. The van der Waals surface area contributed by atoms with E-state index < -0.39 is 4.92 Å². The number of nitro groups is 1. The van der Waals surface area contributed by atoms with Crippen molar-refractivity contribution in [1.82, 2.24) is 0 Å². The molecule has 0 aliphatic heterocycles. The average Bonchev–Trinajstić information content (AvgIpc) is 2.15. The van der Waals surface area contributed by atoms with E-state index in [9.17, 15) is 10.1 Å². The van der Waals surface area contributed by atoms with Gasteiger partial charge >= 0.3 is 0 Å². The monoisotopic (exact) mass is 258 g/mol. The third-order valence-corrected chi connectivity index (χ3v) is 2.28. The smallest absolute Gasteiger partial charge is 0.270 e. The second-order valence-electron chi connectivity index (χ2n) is 2.89. The van der Waals surface area contributed by atoms with Crippen molar-refractivity contribution in [2.75, 3.05) is 6.61 Å². The molecular weight excluding hydrogens is 250 g/mol. The van der Waals surface area contributed by atoms with Crippen LogP contribution < -0.4 is 0 Å². The highest BCUT2D eigenvalue weighted by molar-refractivity contribution is 9.10. The van der Waals surface area contributed by atoms with E-state index in [1.807, 2.05) is 0 Å². The van der Waals surface area contributed by atoms with E-state index in [1.54, 1.807) is 13.0 Å². The molecule has 0 atom stereocenters. The molecule has 14 heavy (non-hydrogen) atoms. The molecule has 4 nitrogen and oxygen atoms in total. The first-order chi connectivity index (χ1) is 6.54. The molecule has 1 rings (SSSR count). The van der Waals surface area contributed by atoms with Crippen molar-refractivity contribution in [2.45, 2.75) is 6.92 Å². The van der Waals surface area contributed by atoms with Crippen molar-refractivity contribution >= 4 is 21.6 Å². The van der Waals surface area contributed by atoms with Crippen molar-refractivity contribution in [3.63, 3.8) is 0 Å². The van der Waals surface area contributed by atoms with Crippen LogP contribution in [0.2, 0.25) is 0 Å². The molecule has 1 radical (unpaired) electrons. The minimum Gasteiger partial charge on any atom is -0.395 e. The van der Waals surface area contributed by atoms with E-state index in [0.29, 0.717) is 16.0 Å². The number of hydrogen-bond donors (Lipinski definition) is 1. The SMILES string of the molecule is C[C](CO)c1cc(Br)cc([N+](=O)[O-])c1. The number of non-ortho nitro benzene ring substituents is 1. The predicted octanol–water partition coefficient (Wildman–Crippen LogP) is 2.29. The Morgan fingerprint density at radius 2 is 2.21 bits per heavy atom. The lowest BCUT2D eigenvalue weighted by Crippen LogP contribution is -2.01. The summed E-state index contributed by atoms with van der Waals surface area (Å²) in [5, 5.41) is 19.4. The van der Waals surface area contributed by atoms with Gasteiger partial charge in [0.2, 0.25) is 0 Å². The van der Waals surface area contributed by atoms with Gasteiger partial charge < -0.3 is 5.11 Å². The zero-order valence-corrected chi connectivity index (χ0v) is 9.11. The molecule has 0 bridgehead atoms. The first-order valence-electron chi connectivity index (χ1n) is 3.93. The van der Waals surface area contributed by atoms with Gasteiger partial charge in [0.25, 0.3) is 5.69 Å². The molecule has 5 heteroatoms. The van der Waals surface area contributed by atoms with Crippen molar-refractivity contribution in [3.05, 3.63) is 44.3 Å². The fraction of sp³-hybridized carbons (Fsp3) is 0.222. The number of hydrogen-bond acceptors (Lipinski definition) is 3. The second-order valence-corrected chi connectivity index (χ2v) is 3.81. The van der Waals surface area contributed by atoms with Crippen LogP contribution >= 0.6 is 15.9 Å². The van der Waals surface area contributed by atoms with Gasteiger partial charge in [-0.3, -0.25) is 10.1 Å². The van der Waals surface area contributed by atoms with Crippen molar-refractivity contribution in [3.8, 4) is 0 Å². The van der Waals surface area contributed by atoms with E-state index in [-0.39, 0.29) is 12.3 Å². The summed E-state index contributed by atoms with van der Waals surface area (Å²) in [6.45, 7) is 1.62. The van der Waals surface area contributed by atoms with Crippen LogP contribution in [0.5, 0.6) is 0 Å². The largest absolute Gasteiger partial charge is 0.395 e. The molecule has 1 N–H and O–H groups in total. The normalized spacial score (nSPS) is 10.6. The molecule has 0 aliphatic rings. The van der Waals surface area contributed by atoms with Gasteiger partial charge in [0.05, 0.1) is 11.5 Å². The molecule has 0 heterocycles. The van der Waals surface area contributed by atoms with E-state index >= 15 is 0 Å². The fourth-order valence-electron chi connectivity index (χ4n) is 1.02. The Morgan fingerprint density at radius 1 is 1.57 bits per heavy atom. The molecule has 0 spiro atoms. The van der Waals surface area contributed by atoms with Gasteiger partial charge in [0.15, 0.2) is 0 Å². The summed E-state index contributed by atoms with van der Waals surface area (Å²) in [7, 11) is 0. The van der Waals surface area contributed by atoms with Gasteiger partial charge in [-0.1, -0.05) is 22.9 Å². The lowest BCUT2D eigenvalue weighted by Gasteiger charge is -2.07. The van der Waals surface area contributed by atoms with Crippen molar-refractivity contribution in [2.24, 2.45) is 0 Å². The third kappa shape index (κ3) is 2.52. The Morgan fingerprint density at radius 3 is 2.71 bits per heavy atom. The molecular formula is C9H9BrNO3. The first kappa shape index (κ1) is 11.1. The Kier molecular flexibility index (Phi) is 3.60.